The van der Waals surface area contributed by atoms with Gasteiger partial charge in [-0.3, -0.25) is 4.98 Å². The Bertz CT molecular complexity index is 1260. The number of aryl methyl sites for hydroxylation is 2. The second kappa shape index (κ2) is 5.18. The third kappa shape index (κ3) is 2.01. The summed E-state index contributed by atoms with van der Waals surface area (Å²) in [5.41, 5.74) is 4.09. The quantitative estimate of drug-likeness (QED) is 0.333. The van der Waals surface area contributed by atoms with Gasteiger partial charge in [0, 0.05) is 17.1 Å². The van der Waals surface area contributed by atoms with E-state index in [1.54, 1.807) is 0 Å². The van der Waals surface area contributed by atoms with E-state index in [4.69, 9.17) is 9.40 Å². The van der Waals surface area contributed by atoms with Gasteiger partial charge >= 0.3 is 0 Å². The summed E-state index contributed by atoms with van der Waals surface area (Å²) in [6.07, 6.45) is 1.88. The number of rotatable bonds is 1. The van der Waals surface area contributed by atoms with Crippen molar-refractivity contribution in [2.75, 3.05) is 0 Å². The first-order valence-electron chi connectivity index (χ1n) is 8.49. The van der Waals surface area contributed by atoms with Crippen LogP contribution in [0.2, 0.25) is 0 Å². The van der Waals surface area contributed by atoms with Gasteiger partial charge in [0.15, 0.2) is 5.58 Å². The molecule has 0 aliphatic heterocycles. The lowest BCUT2D eigenvalue weighted by Gasteiger charge is -2.10. The van der Waals surface area contributed by atoms with Crippen molar-refractivity contribution in [3.63, 3.8) is 0 Å². The van der Waals surface area contributed by atoms with Crippen molar-refractivity contribution >= 4 is 32.5 Å². The molecule has 0 unspecified atom stereocenters. The molecule has 3 aromatic carbocycles. The predicted molar refractivity (Wildman–Crippen MR) is 104 cm³/mol. The fraction of sp³-hybridized carbons (Fsp3) is 0.0870. The van der Waals surface area contributed by atoms with Gasteiger partial charge in [0.05, 0.1) is 0 Å². The maximum atomic E-state index is 6.08. The summed E-state index contributed by atoms with van der Waals surface area (Å²) < 4.78 is 6.08. The Hall–Kier alpha value is -3.13. The number of fused-ring (bicyclic) bond motifs is 4. The summed E-state index contributed by atoms with van der Waals surface area (Å²) in [7, 11) is 0. The minimum atomic E-state index is 0.873. The van der Waals surface area contributed by atoms with Gasteiger partial charge in [-0.2, -0.15) is 0 Å². The number of nitrogens with zero attached hydrogens (tertiary/aromatic N) is 1. The maximum absolute atomic E-state index is 6.08. The normalized spacial score (nSPS) is 11.6. The molecule has 0 saturated carbocycles. The van der Waals surface area contributed by atoms with Crippen molar-refractivity contribution in [1.29, 1.82) is 0 Å². The molecule has 0 saturated heterocycles. The zero-order valence-corrected chi connectivity index (χ0v) is 14.2. The zero-order valence-electron chi connectivity index (χ0n) is 14.2. The number of benzene rings is 3. The fourth-order valence-corrected chi connectivity index (χ4v) is 3.71. The van der Waals surface area contributed by atoms with E-state index in [9.17, 15) is 0 Å². The molecule has 0 aliphatic carbocycles. The van der Waals surface area contributed by atoms with E-state index in [1.807, 2.05) is 19.2 Å². The first-order valence-corrected chi connectivity index (χ1v) is 8.49. The summed E-state index contributed by atoms with van der Waals surface area (Å²) in [6, 6.07) is 21.3. The molecule has 2 aromatic heterocycles. The molecule has 5 aromatic rings. The van der Waals surface area contributed by atoms with Crippen molar-refractivity contribution < 1.29 is 4.42 Å². The van der Waals surface area contributed by atoms with Crippen molar-refractivity contribution in [2.45, 2.75) is 13.8 Å². The molecule has 0 N–H and O–H groups in total. The molecule has 2 heterocycles. The molecule has 0 spiro atoms. The second-order valence-corrected chi connectivity index (χ2v) is 6.51. The molecule has 2 nitrogen and oxygen atoms in total. The van der Waals surface area contributed by atoms with Crippen LogP contribution in [0.5, 0.6) is 0 Å². The average Bonchev–Trinajstić information content (AvgIpc) is 2.95. The molecule has 0 aliphatic rings. The Labute approximate surface area is 145 Å². The molecule has 5 rings (SSSR count). The van der Waals surface area contributed by atoms with Crippen LogP contribution in [0, 0.1) is 13.8 Å². The fourth-order valence-electron chi connectivity index (χ4n) is 3.71. The highest BCUT2D eigenvalue weighted by molar-refractivity contribution is 6.15. The molecule has 25 heavy (non-hydrogen) atoms. The van der Waals surface area contributed by atoms with Crippen molar-refractivity contribution in [3.8, 4) is 11.3 Å². The zero-order chi connectivity index (χ0) is 17.0. The van der Waals surface area contributed by atoms with Gasteiger partial charge in [0.2, 0.25) is 0 Å². The number of furan rings is 1. The monoisotopic (exact) mass is 323 g/mol. The SMILES string of the molecule is Cc1oc2c(-c3cc4ccccc4c4ccccc34)nccc2c1C. The number of pyridine rings is 1. The maximum Gasteiger partial charge on any atom is 0.160 e. The smallest absolute Gasteiger partial charge is 0.160 e. The van der Waals surface area contributed by atoms with Gasteiger partial charge in [-0.05, 0) is 53.1 Å². The Morgan fingerprint density at radius 1 is 0.760 bits per heavy atom. The molecule has 120 valence electrons. The molecule has 0 amide bonds. The van der Waals surface area contributed by atoms with Crippen molar-refractivity contribution in [2.24, 2.45) is 0 Å². The predicted octanol–water partition coefficient (Wildman–Crippen LogP) is 6.42. The van der Waals surface area contributed by atoms with E-state index in [0.717, 1.165) is 28.0 Å². The number of aromatic nitrogens is 1. The summed E-state index contributed by atoms with van der Waals surface area (Å²) >= 11 is 0. The molecule has 0 atom stereocenters. The third-order valence-electron chi connectivity index (χ3n) is 5.11. The van der Waals surface area contributed by atoms with Crippen molar-refractivity contribution in [3.05, 3.63) is 78.2 Å². The standard InChI is InChI=1S/C23H17NO/c1-14-15(2)25-23-17(14)11-12-24-22(23)21-13-16-7-3-4-8-18(16)19-9-5-6-10-20(19)21/h3-13H,1-2H3. The highest BCUT2D eigenvalue weighted by atomic mass is 16.3. The molecular formula is C23H17NO. The van der Waals surface area contributed by atoms with Gasteiger partial charge in [0.1, 0.15) is 11.5 Å². The van der Waals surface area contributed by atoms with Crippen molar-refractivity contribution in [1.82, 2.24) is 4.98 Å². The largest absolute Gasteiger partial charge is 0.459 e. The topological polar surface area (TPSA) is 26.0 Å². The van der Waals surface area contributed by atoms with E-state index in [1.165, 1.54) is 27.1 Å². The van der Waals surface area contributed by atoms with Gasteiger partial charge < -0.3 is 4.42 Å². The number of hydrogen-bond acceptors (Lipinski definition) is 2. The Balaban J connectivity index is 1.97. The van der Waals surface area contributed by atoms with Crippen LogP contribution in [0.4, 0.5) is 0 Å². The number of hydrogen-bond donors (Lipinski definition) is 0. The van der Waals surface area contributed by atoms with Crippen LogP contribution < -0.4 is 0 Å². The second-order valence-electron chi connectivity index (χ2n) is 6.51. The van der Waals surface area contributed by atoms with Crippen LogP contribution in [0.1, 0.15) is 11.3 Å². The summed E-state index contributed by atoms with van der Waals surface area (Å²) in [6.45, 7) is 4.11. The first-order chi connectivity index (χ1) is 12.2. The highest BCUT2D eigenvalue weighted by Gasteiger charge is 2.16. The minimum Gasteiger partial charge on any atom is -0.459 e. The van der Waals surface area contributed by atoms with Crippen LogP contribution in [0.15, 0.2) is 71.3 Å². The average molecular weight is 323 g/mol. The lowest BCUT2D eigenvalue weighted by Crippen LogP contribution is -1.88. The highest BCUT2D eigenvalue weighted by Crippen LogP contribution is 2.38. The van der Waals surface area contributed by atoms with Gasteiger partial charge in [-0.15, -0.1) is 0 Å². The van der Waals surface area contributed by atoms with Crippen LogP contribution >= 0.6 is 0 Å². The van der Waals surface area contributed by atoms with E-state index in [-0.39, 0.29) is 0 Å². The Morgan fingerprint density at radius 3 is 2.32 bits per heavy atom. The Kier molecular flexibility index (Phi) is 2.95. The summed E-state index contributed by atoms with van der Waals surface area (Å²) in [5, 5.41) is 6.07. The van der Waals surface area contributed by atoms with E-state index in [2.05, 4.69) is 61.5 Å². The first kappa shape index (κ1) is 14.2. The summed E-state index contributed by atoms with van der Waals surface area (Å²) in [4.78, 5) is 4.69. The van der Waals surface area contributed by atoms with E-state index < -0.39 is 0 Å². The third-order valence-corrected chi connectivity index (χ3v) is 5.11. The van der Waals surface area contributed by atoms with Crippen LogP contribution in [-0.2, 0) is 0 Å². The lowest BCUT2D eigenvalue weighted by molar-refractivity contribution is 0.575. The Morgan fingerprint density at radius 2 is 1.48 bits per heavy atom. The molecular weight excluding hydrogens is 306 g/mol. The van der Waals surface area contributed by atoms with Gasteiger partial charge in [-0.25, -0.2) is 0 Å². The molecule has 2 heteroatoms. The van der Waals surface area contributed by atoms with Gasteiger partial charge in [0.25, 0.3) is 0 Å². The van der Waals surface area contributed by atoms with Gasteiger partial charge in [-0.1, -0.05) is 48.5 Å². The minimum absolute atomic E-state index is 0.873. The van der Waals surface area contributed by atoms with E-state index in [0.29, 0.717) is 0 Å². The molecule has 0 fully saturated rings. The van der Waals surface area contributed by atoms with Crippen LogP contribution in [-0.4, -0.2) is 4.98 Å². The lowest BCUT2D eigenvalue weighted by atomic mass is 9.95. The molecule has 0 bridgehead atoms. The van der Waals surface area contributed by atoms with E-state index >= 15 is 0 Å². The van der Waals surface area contributed by atoms with Crippen LogP contribution in [0.3, 0.4) is 0 Å². The summed E-state index contributed by atoms with van der Waals surface area (Å²) in [5.74, 6) is 0.953. The molecule has 0 radical (unpaired) electrons. The van der Waals surface area contributed by atoms with Crippen LogP contribution in [0.25, 0.3) is 43.8 Å².